The molecule has 1 heterocycles. The van der Waals surface area contributed by atoms with Crippen molar-refractivity contribution < 1.29 is 33.0 Å². The number of amides is 1. The Morgan fingerprint density at radius 2 is 1.82 bits per heavy atom. The first kappa shape index (κ1) is 20.9. The number of nitrogens with one attached hydrogen (secondary N) is 1. The maximum absolute atomic E-state index is 12.0. The third kappa shape index (κ3) is 5.54. The van der Waals surface area contributed by atoms with Gasteiger partial charge in [-0.3, -0.25) is 4.79 Å². The van der Waals surface area contributed by atoms with Crippen LogP contribution in [0.4, 0.5) is 0 Å². The van der Waals surface area contributed by atoms with Crippen LogP contribution in [0.15, 0.2) is 41.0 Å². The molecule has 0 fully saturated rings. The molecule has 1 unspecified atom stereocenters. The number of hydrogen-bond donors (Lipinski definition) is 1. The van der Waals surface area contributed by atoms with Gasteiger partial charge in [0.1, 0.15) is 5.76 Å². The predicted molar refractivity (Wildman–Crippen MR) is 101 cm³/mol. The molecule has 8 nitrogen and oxygen atoms in total. The molecule has 150 valence electrons. The molecule has 1 aromatic heterocycles. The van der Waals surface area contributed by atoms with E-state index in [1.807, 2.05) is 0 Å². The van der Waals surface area contributed by atoms with Crippen LogP contribution in [0.25, 0.3) is 6.08 Å². The summed E-state index contributed by atoms with van der Waals surface area (Å²) in [6.07, 6.45) is 3.31. The van der Waals surface area contributed by atoms with Crippen molar-refractivity contribution in [2.24, 2.45) is 0 Å². The maximum Gasteiger partial charge on any atom is 0.331 e. The van der Waals surface area contributed by atoms with Gasteiger partial charge in [0.05, 0.1) is 34.1 Å². The highest BCUT2D eigenvalue weighted by molar-refractivity contribution is 5.90. The summed E-state index contributed by atoms with van der Waals surface area (Å²) in [7, 11) is 4.51. The topological polar surface area (TPSA) is 96.2 Å². The fourth-order valence-electron chi connectivity index (χ4n) is 2.36. The van der Waals surface area contributed by atoms with Crippen LogP contribution in [0.1, 0.15) is 18.2 Å². The maximum atomic E-state index is 12.0. The number of esters is 1. The molecular weight excluding hydrogens is 366 g/mol. The molecule has 28 heavy (non-hydrogen) atoms. The first-order valence-corrected chi connectivity index (χ1v) is 8.47. The molecule has 0 spiro atoms. The Hall–Kier alpha value is -3.42. The molecule has 0 radical (unpaired) electrons. The van der Waals surface area contributed by atoms with Crippen LogP contribution in [0.2, 0.25) is 0 Å². The highest BCUT2D eigenvalue weighted by Gasteiger charge is 2.17. The van der Waals surface area contributed by atoms with E-state index in [0.29, 0.717) is 28.6 Å². The van der Waals surface area contributed by atoms with Crippen LogP contribution < -0.4 is 19.5 Å². The smallest absolute Gasteiger partial charge is 0.331 e. The number of benzene rings is 1. The second-order valence-electron chi connectivity index (χ2n) is 5.67. The fraction of sp³-hybridized carbons (Fsp3) is 0.300. The third-order valence-corrected chi connectivity index (χ3v) is 3.78. The van der Waals surface area contributed by atoms with E-state index in [4.69, 9.17) is 23.4 Å². The van der Waals surface area contributed by atoms with Crippen LogP contribution in [0.5, 0.6) is 17.2 Å². The molecule has 0 bridgehead atoms. The van der Waals surface area contributed by atoms with Gasteiger partial charge in [-0.2, -0.15) is 0 Å². The molecule has 1 N–H and O–H groups in total. The molecule has 1 amide bonds. The van der Waals surface area contributed by atoms with E-state index < -0.39 is 18.0 Å². The monoisotopic (exact) mass is 389 g/mol. The van der Waals surface area contributed by atoms with E-state index in [-0.39, 0.29) is 6.54 Å². The van der Waals surface area contributed by atoms with Crippen molar-refractivity contribution in [2.75, 3.05) is 21.3 Å². The Bertz CT molecular complexity index is 802. The van der Waals surface area contributed by atoms with Gasteiger partial charge in [-0.05, 0) is 42.8 Å². The van der Waals surface area contributed by atoms with Crippen molar-refractivity contribution in [2.45, 2.75) is 19.6 Å². The minimum absolute atomic E-state index is 0.217. The van der Waals surface area contributed by atoms with Crippen molar-refractivity contribution in [3.8, 4) is 17.2 Å². The minimum atomic E-state index is -0.952. The summed E-state index contributed by atoms with van der Waals surface area (Å²) in [6.45, 7) is 1.71. The molecule has 0 aliphatic heterocycles. The number of rotatable bonds is 9. The molecule has 2 rings (SSSR count). The van der Waals surface area contributed by atoms with E-state index in [1.54, 1.807) is 24.3 Å². The highest BCUT2D eigenvalue weighted by atomic mass is 16.5. The third-order valence-electron chi connectivity index (χ3n) is 3.78. The van der Waals surface area contributed by atoms with Crippen molar-refractivity contribution >= 4 is 18.0 Å². The molecular formula is C20H23NO7. The van der Waals surface area contributed by atoms with E-state index in [2.05, 4.69) is 5.32 Å². The summed E-state index contributed by atoms with van der Waals surface area (Å²) < 4.78 is 26.0. The molecule has 1 atom stereocenters. The highest BCUT2D eigenvalue weighted by Crippen LogP contribution is 2.38. The number of methoxy groups -OCH3 is 3. The zero-order chi connectivity index (χ0) is 20.5. The van der Waals surface area contributed by atoms with Gasteiger partial charge in [0, 0.05) is 6.08 Å². The van der Waals surface area contributed by atoms with Gasteiger partial charge in [-0.1, -0.05) is 0 Å². The lowest BCUT2D eigenvalue weighted by atomic mass is 10.1. The van der Waals surface area contributed by atoms with Crippen LogP contribution in [0.3, 0.4) is 0 Å². The Labute approximate surface area is 163 Å². The van der Waals surface area contributed by atoms with Gasteiger partial charge in [-0.15, -0.1) is 0 Å². The lowest BCUT2D eigenvalue weighted by molar-refractivity contribution is -0.150. The van der Waals surface area contributed by atoms with Crippen molar-refractivity contribution in [3.63, 3.8) is 0 Å². The second-order valence-corrected chi connectivity index (χ2v) is 5.67. The zero-order valence-electron chi connectivity index (χ0n) is 16.2. The minimum Gasteiger partial charge on any atom is -0.493 e. The Kier molecular flexibility index (Phi) is 7.50. The van der Waals surface area contributed by atoms with E-state index in [1.165, 1.54) is 46.7 Å². The fourth-order valence-corrected chi connectivity index (χ4v) is 2.36. The lowest BCUT2D eigenvalue weighted by Gasteiger charge is -2.13. The summed E-state index contributed by atoms with van der Waals surface area (Å²) >= 11 is 0. The van der Waals surface area contributed by atoms with Gasteiger partial charge < -0.3 is 28.7 Å². The molecule has 1 aromatic carbocycles. The number of hydrogen-bond acceptors (Lipinski definition) is 7. The first-order chi connectivity index (χ1) is 13.5. The number of ether oxygens (including phenoxy) is 4. The van der Waals surface area contributed by atoms with Gasteiger partial charge in [0.15, 0.2) is 17.6 Å². The normalized spacial score (nSPS) is 11.7. The largest absolute Gasteiger partial charge is 0.493 e. The van der Waals surface area contributed by atoms with Gasteiger partial charge >= 0.3 is 5.97 Å². The summed E-state index contributed by atoms with van der Waals surface area (Å²) in [6, 6.07) is 6.82. The summed E-state index contributed by atoms with van der Waals surface area (Å²) in [5.74, 6) is 0.891. The zero-order valence-corrected chi connectivity index (χ0v) is 16.2. The summed E-state index contributed by atoms with van der Waals surface area (Å²) in [5, 5.41) is 2.63. The molecule has 0 saturated carbocycles. The van der Waals surface area contributed by atoms with E-state index >= 15 is 0 Å². The summed E-state index contributed by atoms with van der Waals surface area (Å²) in [4.78, 5) is 24.0. The van der Waals surface area contributed by atoms with Crippen molar-refractivity contribution in [3.05, 3.63) is 47.9 Å². The predicted octanol–water partition coefficient (Wildman–Crippen LogP) is 2.57. The molecule has 2 aromatic rings. The SMILES string of the molecule is COc1cc(/C=C/C(=O)OC(C)C(=O)NCc2ccco2)cc(OC)c1OC. The van der Waals surface area contributed by atoms with Gasteiger partial charge in [-0.25, -0.2) is 4.79 Å². The number of carbonyl (C=O) groups excluding carboxylic acids is 2. The number of furan rings is 1. The first-order valence-electron chi connectivity index (χ1n) is 8.47. The van der Waals surface area contributed by atoms with E-state index in [9.17, 15) is 9.59 Å². The van der Waals surface area contributed by atoms with E-state index in [0.717, 1.165) is 0 Å². The summed E-state index contributed by atoms with van der Waals surface area (Å²) in [5.41, 5.74) is 0.640. The number of carbonyl (C=O) groups is 2. The molecule has 8 heteroatoms. The molecule has 0 aliphatic rings. The quantitative estimate of drug-likeness (QED) is 0.520. The van der Waals surface area contributed by atoms with Crippen molar-refractivity contribution in [1.82, 2.24) is 5.32 Å². The average Bonchev–Trinajstić information content (AvgIpc) is 3.22. The Balaban J connectivity index is 1.96. The van der Waals surface area contributed by atoms with Crippen molar-refractivity contribution in [1.29, 1.82) is 0 Å². The van der Waals surface area contributed by atoms with Gasteiger partial charge in [0.25, 0.3) is 5.91 Å². The second kappa shape index (κ2) is 10.1. The van der Waals surface area contributed by atoms with Crippen LogP contribution in [-0.2, 0) is 20.9 Å². The average molecular weight is 389 g/mol. The van der Waals surface area contributed by atoms with Crippen LogP contribution in [0, 0.1) is 0 Å². The molecule has 0 saturated heterocycles. The Morgan fingerprint density at radius 3 is 2.36 bits per heavy atom. The van der Waals surface area contributed by atoms with Crippen LogP contribution in [-0.4, -0.2) is 39.3 Å². The Morgan fingerprint density at radius 1 is 1.14 bits per heavy atom. The standard InChI is InChI=1S/C20H23NO7/c1-13(20(23)21-12-15-6-5-9-27-15)28-18(22)8-7-14-10-16(24-2)19(26-4)17(11-14)25-3/h5-11,13H,12H2,1-4H3,(H,21,23)/b8-7+. The molecule has 0 aliphatic carbocycles. The van der Waals surface area contributed by atoms with Crippen LogP contribution >= 0.6 is 0 Å². The lowest BCUT2D eigenvalue weighted by Crippen LogP contribution is -2.35. The van der Waals surface area contributed by atoms with Gasteiger partial charge in [0.2, 0.25) is 5.75 Å².